The molecular formula is C19H21F3N2O. The maximum absolute atomic E-state index is 12.6. The lowest BCUT2D eigenvalue weighted by Crippen LogP contribution is -2.44. The van der Waals surface area contributed by atoms with Gasteiger partial charge in [0.05, 0.1) is 11.6 Å². The zero-order chi connectivity index (χ0) is 18.6. The highest BCUT2D eigenvalue weighted by atomic mass is 19.4. The molecule has 1 atom stereocenters. The van der Waals surface area contributed by atoms with Gasteiger partial charge in [-0.3, -0.25) is 4.79 Å². The first-order chi connectivity index (χ1) is 11.7. The Morgan fingerprint density at radius 3 is 1.88 bits per heavy atom. The van der Waals surface area contributed by atoms with E-state index in [0.29, 0.717) is 12.1 Å². The summed E-state index contributed by atoms with van der Waals surface area (Å²) < 4.78 is 37.8. The number of rotatable bonds is 6. The number of amides is 1. The lowest BCUT2D eigenvalue weighted by atomic mass is 10.0. The zero-order valence-corrected chi connectivity index (χ0v) is 14.1. The van der Waals surface area contributed by atoms with Crippen molar-refractivity contribution in [2.24, 2.45) is 11.7 Å². The molecule has 2 aromatic carbocycles. The average Bonchev–Trinajstić information content (AvgIpc) is 2.54. The number of carbonyl (C=O) groups is 1. The largest absolute Gasteiger partial charge is 0.416 e. The zero-order valence-electron chi connectivity index (χ0n) is 14.1. The van der Waals surface area contributed by atoms with Crippen LogP contribution in [0.4, 0.5) is 13.2 Å². The molecule has 0 saturated carbocycles. The molecular weight excluding hydrogens is 329 g/mol. The van der Waals surface area contributed by atoms with Gasteiger partial charge in [0.1, 0.15) is 0 Å². The number of primary amides is 1. The van der Waals surface area contributed by atoms with E-state index in [1.54, 1.807) is 0 Å². The van der Waals surface area contributed by atoms with Gasteiger partial charge in [-0.15, -0.1) is 0 Å². The van der Waals surface area contributed by atoms with Crippen LogP contribution in [0.5, 0.6) is 0 Å². The minimum absolute atomic E-state index is 0.0870. The van der Waals surface area contributed by atoms with E-state index in [1.807, 2.05) is 38.1 Å². The van der Waals surface area contributed by atoms with Crippen molar-refractivity contribution in [3.63, 3.8) is 0 Å². The van der Waals surface area contributed by atoms with Gasteiger partial charge in [0, 0.05) is 6.54 Å². The third kappa shape index (κ3) is 5.06. The minimum atomic E-state index is -4.33. The van der Waals surface area contributed by atoms with Crippen LogP contribution in [-0.4, -0.2) is 11.9 Å². The van der Waals surface area contributed by atoms with Gasteiger partial charge in [-0.25, -0.2) is 0 Å². The Hall–Kier alpha value is -2.34. The summed E-state index contributed by atoms with van der Waals surface area (Å²) in [6, 6.07) is 12.1. The third-order valence-corrected chi connectivity index (χ3v) is 4.00. The van der Waals surface area contributed by atoms with E-state index in [-0.39, 0.29) is 5.92 Å². The first-order valence-electron chi connectivity index (χ1n) is 7.97. The van der Waals surface area contributed by atoms with Crippen LogP contribution < -0.4 is 11.1 Å². The Morgan fingerprint density at radius 1 is 1.00 bits per heavy atom. The van der Waals surface area contributed by atoms with Crippen LogP contribution in [0.2, 0.25) is 0 Å². The first-order valence-corrected chi connectivity index (χ1v) is 7.97. The van der Waals surface area contributed by atoms with Gasteiger partial charge in [0.15, 0.2) is 0 Å². The molecule has 2 rings (SSSR count). The molecule has 0 aliphatic rings. The quantitative estimate of drug-likeness (QED) is 0.828. The van der Waals surface area contributed by atoms with Crippen LogP contribution in [0.25, 0.3) is 11.1 Å². The van der Waals surface area contributed by atoms with Crippen LogP contribution in [0.15, 0.2) is 48.5 Å². The Morgan fingerprint density at radius 2 is 1.48 bits per heavy atom. The minimum Gasteiger partial charge on any atom is -0.368 e. The van der Waals surface area contributed by atoms with Gasteiger partial charge >= 0.3 is 6.18 Å². The second-order valence-corrected chi connectivity index (χ2v) is 6.28. The fourth-order valence-electron chi connectivity index (χ4n) is 2.56. The Labute approximate surface area is 145 Å². The van der Waals surface area contributed by atoms with Crippen LogP contribution >= 0.6 is 0 Å². The van der Waals surface area contributed by atoms with Crippen LogP contribution in [0, 0.1) is 5.92 Å². The SMILES string of the molecule is CC(C)[C@@H](NCc1ccc(-c2ccc(C(F)(F)F)cc2)cc1)C(N)=O. The topological polar surface area (TPSA) is 55.1 Å². The number of hydrogen-bond donors (Lipinski definition) is 2. The molecule has 0 unspecified atom stereocenters. The highest BCUT2D eigenvalue weighted by molar-refractivity contribution is 5.80. The maximum Gasteiger partial charge on any atom is 0.416 e. The monoisotopic (exact) mass is 350 g/mol. The van der Waals surface area contributed by atoms with Gasteiger partial charge in [0.2, 0.25) is 5.91 Å². The molecule has 0 spiro atoms. The standard InChI is InChI=1S/C19H21F3N2O/c1-12(2)17(18(23)25)24-11-13-3-5-14(6-4-13)15-7-9-16(10-8-15)19(20,21)22/h3-10,12,17,24H,11H2,1-2H3,(H2,23,25)/t17-/m1/s1. The average molecular weight is 350 g/mol. The van der Waals surface area contributed by atoms with Crippen molar-refractivity contribution in [2.75, 3.05) is 0 Å². The summed E-state index contributed by atoms with van der Waals surface area (Å²) in [7, 11) is 0. The van der Waals surface area contributed by atoms with E-state index < -0.39 is 23.7 Å². The first kappa shape index (κ1) is 19.0. The van der Waals surface area contributed by atoms with Crippen molar-refractivity contribution < 1.29 is 18.0 Å². The summed E-state index contributed by atoms with van der Waals surface area (Å²) >= 11 is 0. The molecule has 0 aromatic heterocycles. The molecule has 6 heteroatoms. The molecule has 3 N–H and O–H groups in total. The molecule has 25 heavy (non-hydrogen) atoms. The predicted octanol–water partition coefficient (Wildman–Crippen LogP) is 3.97. The van der Waals surface area contributed by atoms with Gasteiger partial charge in [-0.2, -0.15) is 13.2 Å². The number of hydrogen-bond acceptors (Lipinski definition) is 2. The van der Waals surface area contributed by atoms with Crippen LogP contribution in [0.3, 0.4) is 0 Å². The maximum atomic E-state index is 12.6. The lowest BCUT2D eigenvalue weighted by molar-refractivity contribution is -0.137. The number of halogens is 3. The molecule has 0 bridgehead atoms. The summed E-state index contributed by atoms with van der Waals surface area (Å²) in [5, 5.41) is 3.12. The van der Waals surface area contributed by atoms with E-state index in [9.17, 15) is 18.0 Å². The Bertz CT molecular complexity index is 707. The molecule has 2 aromatic rings. The Kier molecular flexibility index (Phi) is 5.85. The van der Waals surface area contributed by atoms with Gasteiger partial charge in [-0.05, 0) is 34.7 Å². The van der Waals surface area contributed by atoms with Gasteiger partial charge in [-0.1, -0.05) is 50.2 Å². The summed E-state index contributed by atoms with van der Waals surface area (Å²) in [6.07, 6.45) is -4.33. The van der Waals surface area contributed by atoms with Crippen molar-refractivity contribution >= 4 is 5.91 Å². The molecule has 0 fully saturated rings. The molecule has 0 aliphatic heterocycles. The number of alkyl halides is 3. The van der Waals surface area contributed by atoms with Crippen LogP contribution in [-0.2, 0) is 17.5 Å². The fourth-order valence-corrected chi connectivity index (χ4v) is 2.56. The summed E-state index contributed by atoms with van der Waals surface area (Å²) in [4.78, 5) is 11.4. The van der Waals surface area contributed by atoms with E-state index >= 15 is 0 Å². The lowest BCUT2D eigenvalue weighted by Gasteiger charge is -2.19. The second kappa shape index (κ2) is 7.70. The summed E-state index contributed by atoms with van der Waals surface area (Å²) in [5.41, 5.74) is 7.20. The molecule has 0 heterocycles. The molecule has 134 valence electrons. The van der Waals surface area contributed by atoms with Crippen molar-refractivity contribution in [3.05, 3.63) is 59.7 Å². The fraction of sp³-hybridized carbons (Fsp3) is 0.316. The molecule has 0 radical (unpaired) electrons. The second-order valence-electron chi connectivity index (χ2n) is 6.28. The van der Waals surface area contributed by atoms with E-state index in [1.165, 1.54) is 12.1 Å². The number of nitrogens with one attached hydrogen (secondary N) is 1. The molecule has 0 aliphatic carbocycles. The van der Waals surface area contributed by atoms with Crippen molar-refractivity contribution in [3.8, 4) is 11.1 Å². The van der Waals surface area contributed by atoms with Gasteiger partial charge < -0.3 is 11.1 Å². The van der Waals surface area contributed by atoms with Gasteiger partial charge in [0.25, 0.3) is 0 Å². The van der Waals surface area contributed by atoms with E-state index in [0.717, 1.165) is 23.3 Å². The van der Waals surface area contributed by atoms with Crippen molar-refractivity contribution in [2.45, 2.75) is 32.6 Å². The van der Waals surface area contributed by atoms with E-state index in [4.69, 9.17) is 5.73 Å². The third-order valence-electron chi connectivity index (χ3n) is 4.00. The predicted molar refractivity (Wildman–Crippen MR) is 91.5 cm³/mol. The normalized spacial score (nSPS) is 13.0. The summed E-state index contributed by atoms with van der Waals surface area (Å²) in [5.74, 6) is -0.305. The molecule has 0 saturated heterocycles. The number of nitrogens with two attached hydrogens (primary N) is 1. The van der Waals surface area contributed by atoms with Crippen molar-refractivity contribution in [1.29, 1.82) is 0 Å². The summed E-state index contributed by atoms with van der Waals surface area (Å²) in [6.45, 7) is 4.31. The highest BCUT2D eigenvalue weighted by Gasteiger charge is 2.29. The van der Waals surface area contributed by atoms with Crippen molar-refractivity contribution in [1.82, 2.24) is 5.32 Å². The number of carbonyl (C=O) groups excluding carboxylic acids is 1. The Balaban J connectivity index is 2.06. The highest BCUT2D eigenvalue weighted by Crippen LogP contribution is 2.31. The molecule has 1 amide bonds. The van der Waals surface area contributed by atoms with Crippen LogP contribution in [0.1, 0.15) is 25.0 Å². The van der Waals surface area contributed by atoms with E-state index in [2.05, 4.69) is 5.32 Å². The number of benzene rings is 2. The smallest absolute Gasteiger partial charge is 0.368 e. The molecule has 3 nitrogen and oxygen atoms in total.